The van der Waals surface area contributed by atoms with E-state index in [4.69, 9.17) is 4.74 Å². The smallest absolute Gasteiger partial charge is 0.341 e. The van der Waals surface area contributed by atoms with Crippen molar-refractivity contribution in [3.63, 3.8) is 0 Å². The minimum Gasteiger partial charge on any atom is -0.462 e. The third kappa shape index (κ3) is 4.61. The number of anilines is 1. The molecule has 0 aliphatic heterocycles. The molecule has 0 saturated carbocycles. The number of ether oxygens (including phenoxy) is 1. The number of nitrogens with zero attached hydrogens (tertiary/aromatic N) is 4. The van der Waals surface area contributed by atoms with E-state index in [-0.39, 0.29) is 17.6 Å². The predicted molar refractivity (Wildman–Crippen MR) is 125 cm³/mol. The van der Waals surface area contributed by atoms with E-state index in [1.807, 2.05) is 16.7 Å². The predicted octanol–water partition coefficient (Wildman–Crippen LogP) is 3.98. The summed E-state index contributed by atoms with van der Waals surface area (Å²) in [5.41, 5.74) is 2.37. The first-order valence-corrected chi connectivity index (χ1v) is 12.1. The number of aryl methyl sites for hydroxylation is 1. The molecule has 0 spiro atoms. The zero-order valence-electron chi connectivity index (χ0n) is 17.7. The maximum absolute atomic E-state index is 12.7. The molecule has 32 heavy (non-hydrogen) atoms. The summed E-state index contributed by atoms with van der Waals surface area (Å²) >= 11 is 2.75. The second-order valence-corrected chi connectivity index (χ2v) is 9.11. The number of esters is 1. The molecule has 3 aromatic rings. The van der Waals surface area contributed by atoms with Crippen LogP contribution in [0.5, 0.6) is 0 Å². The third-order valence-electron chi connectivity index (χ3n) is 4.93. The van der Waals surface area contributed by atoms with Crippen LogP contribution in [0.3, 0.4) is 0 Å². The summed E-state index contributed by atoms with van der Waals surface area (Å²) in [5.74, 6) is 0.214. The maximum atomic E-state index is 12.7. The van der Waals surface area contributed by atoms with Gasteiger partial charge in [0.05, 0.1) is 17.9 Å². The molecule has 3 heterocycles. The molecular formula is C22H23N5O3S2. The molecule has 4 rings (SSSR count). The van der Waals surface area contributed by atoms with Crippen molar-refractivity contribution >= 4 is 40.0 Å². The van der Waals surface area contributed by atoms with Crippen molar-refractivity contribution in [3.8, 4) is 11.4 Å². The Morgan fingerprint density at radius 3 is 3.00 bits per heavy atom. The fourth-order valence-corrected chi connectivity index (χ4v) is 5.64. The normalized spacial score (nSPS) is 12.4. The van der Waals surface area contributed by atoms with E-state index in [1.54, 1.807) is 25.4 Å². The Labute approximate surface area is 194 Å². The fraction of sp³-hybridized carbons (Fsp3) is 0.318. The Bertz CT molecular complexity index is 1140. The second kappa shape index (κ2) is 10.1. The van der Waals surface area contributed by atoms with E-state index in [0.717, 1.165) is 35.3 Å². The summed E-state index contributed by atoms with van der Waals surface area (Å²) in [7, 11) is 0. The first kappa shape index (κ1) is 22.2. The van der Waals surface area contributed by atoms with Gasteiger partial charge in [0.15, 0.2) is 11.0 Å². The molecule has 1 N–H and O–H groups in total. The number of thiophene rings is 1. The van der Waals surface area contributed by atoms with Gasteiger partial charge in [0.25, 0.3) is 0 Å². The molecule has 0 unspecified atom stereocenters. The summed E-state index contributed by atoms with van der Waals surface area (Å²) < 4.78 is 7.12. The molecule has 8 nitrogen and oxygen atoms in total. The largest absolute Gasteiger partial charge is 0.462 e. The number of aromatic nitrogens is 4. The van der Waals surface area contributed by atoms with E-state index in [2.05, 4.69) is 27.1 Å². The van der Waals surface area contributed by atoms with Crippen LogP contribution in [0.15, 0.2) is 42.3 Å². The lowest BCUT2D eigenvalue weighted by Crippen LogP contribution is -2.17. The van der Waals surface area contributed by atoms with Crippen molar-refractivity contribution in [1.82, 2.24) is 19.7 Å². The summed E-state index contributed by atoms with van der Waals surface area (Å²) in [6.45, 7) is 6.38. The topological polar surface area (TPSA) is 99.0 Å². The van der Waals surface area contributed by atoms with Crippen LogP contribution in [0, 0.1) is 0 Å². The van der Waals surface area contributed by atoms with Crippen LogP contribution in [0.25, 0.3) is 11.4 Å². The van der Waals surface area contributed by atoms with Crippen molar-refractivity contribution in [2.75, 3.05) is 17.7 Å². The Kier molecular flexibility index (Phi) is 7.01. The number of hydrogen-bond acceptors (Lipinski definition) is 8. The number of carbonyl (C=O) groups is 2. The quantitative estimate of drug-likeness (QED) is 0.287. The van der Waals surface area contributed by atoms with E-state index < -0.39 is 0 Å². The second-order valence-electron chi connectivity index (χ2n) is 7.07. The Morgan fingerprint density at radius 1 is 1.38 bits per heavy atom. The first-order valence-electron chi connectivity index (χ1n) is 10.3. The van der Waals surface area contributed by atoms with Crippen LogP contribution in [-0.4, -0.2) is 44.0 Å². The van der Waals surface area contributed by atoms with Crippen molar-refractivity contribution in [2.24, 2.45) is 0 Å². The number of fused-ring (bicyclic) bond motifs is 1. The number of nitrogens with one attached hydrogen (secondary N) is 1. The van der Waals surface area contributed by atoms with E-state index in [1.165, 1.54) is 23.1 Å². The summed E-state index contributed by atoms with van der Waals surface area (Å²) in [6, 6.07) is 3.74. The molecule has 1 aliphatic rings. The highest BCUT2D eigenvalue weighted by atomic mass is 32.2. The minimum absolute atomic E-state index is 0.132. The molecule has 0 atom stereocenters. The number of rotatable bonds is 9. The highest BCUT2D eigenvalue weighted by Gasteiger charge is 2.28. The van der Waals surface area contributed by atoms with Crippen LogP contribution in [-0.2, 0) is 28.9 Å². The van der Waals surface area contributed by atoms with Gasteiger partial charge in [0, 0.05) is 29.4 Å². The Morgan fingerprint density at radius 2 is 2.25 bits per heavy atom. The van der Waals surface area contributed by atoms with Crippen molar-refractivity contribution in [1.29, 1.82) is 0 Å². The number of hydrogen-bond donors (Lipinski definition) is 1. The molecule has 0 radical (unpaired) electrons. The van der Waals surface area contributed by atoms with Crippen LogP contribution in [0.4, 0.5) is 5.00 Å². The van der Waals surface area contributed by atoms with Gasteiger partial charge in [-0.1, -0.05) is 17.8 Å². The first-order chi connectivity index (χ1) is 15.6. The molecule has 1 amide bonds. The monoisotopic (exact) mass is 469 g/mol. The van der Waals surface area contributed by atoms with E-state index >= 15 is 0 Å². The molecule has 0 fully saturated rings. The van der Waals surface area contributed by atoms with E-state index in [0.29, 0.717) is 34.7 Å². The van der Waals surface area contributed by atoms with Gasteiger partial charge in [-0.25, -0.2) is 4.79 Å². The van der Waals surface area contributed by atoms with Crippen LogP contribution in [0.2, 0.25) is 0 Å². The molecule has 166 valence electrons. The number of thioether (sulfide) groups is 1. The Balaban J connectivity index is 1.48. The Hall–Kier alpha value is -2.98. The molecule has 1 aliphatic carbocycles. The lowest BCUT2D eigenvalue weighted by atomic mass is 10.1. The lowest BCUT2D eigenvalue weighted by Gasteiger charge is -2.09. The van der Waals surface area contributed by atoms with Crippen molar-refractivity contribution in [3.05, 3.63) is 53.2 Å². The average molecular weight is 470 g/mol. The minimum atomic E-state index is -0.373. The zero-order valence-corrected chi connectivity index (χ0v) is 19.3. The van der Waals surface area contributed by atoms with Gasteiger partial charge < -0.3 is 10.1 Å². The maximum Gasteiger partial charge on any atom is 0.341 e. The molecule has 10 heteroatoms. The fourth-order valence-electron chi connectivity index (χ4n) is 3.60. The SMILES string of the molecule is C=CCn1c(SCC(=O)Nc2sc3c(c2C(=O)OCC)CCC3)nnc1-c1cccnc1. The average Bonchev–Trinajstić information content (AvgIpc) is 3.48. The van der Waals surface area contributed by atoms with Crippen molar-refractivity contribution in [2.45, 2.75) is 37.9 Å². The number of pyridine rings is 1. The van der Waals surface area contributed by atoms with Gasteiger partial charge in [-0.2, -0.15) is 0 Å². The van der Waals surface area contributed by atoms with Gasteiger partial charge in [-0.05, 0) is 43.9 Å². The number of amides is 1. The van der Waals surface area contributed by atoms with Crippen LogP contribution < -0.4 is 5.32 Å². The number of carbonyl (C=O) groups excluding carboxylic acids is 2. The lowest BCUT2D eigenvalue weighted by molar-refractivity contribution is -0.113. The molecular weight excluding hydrogens is 446 g/mol. The van der Waals surface area contributed by atoms with Gasteiger partial charge in [0.1, 0.15) is 5.00 Å². The van der Waals surface area contributed by atoms with E-state index in [9.17, 15) is 9.59 Å². The standard InChI is InChI=1S/C22H23N5O3S2/c1-3-11-27-19(14-7-6-10-23-12-14)25-26-22(27)31-13-17(28)24-20-18(21(29)30-4-2)15-8-5-9-16(15)32-20/h3,6-7,10,12H,1,4-5,8-9,11,13H2,2H3,(H,24,28). The third-order valence-corrected chi connectivity index (χ3v) is 7.11. The van der Waals surface area contributed by atoms with Crippen LogP contribution >= 0.6 is 23.1 Å². The number of allylic oxidation sites excluding steroid dienone is 1. The van der Waals surface area contributed by atoms with Gasteiger partial charge in [0.2, 0.25) is 5.91 Å². The summed E-state index contributed by atoms with van der Waals surface area (Å²) in [6.07, 6.45) is 7.97. The van der Waals surface area contributed by atoms with Gasteiger partial charge >= 0.3 is 5.97 Å². The molecule has 0 aromatic carbocycles. The molecule has 3 aromatic heterocycles. The van der Waals surface area contributed by atoms with Crippen LogP contribution in [0.1, 0.15) is 34.1 Å². The van der Waals surface area contributed by atoms with Gasteiger partial charge in [-0.3, -0.25) is 14.3 Å². The highest BCUT2D eigenvalue weighted by Crippen LogP contribution is 2.39. The summed E-state index contributed by atoms with van der Waals surface area (Å²) in [5, 5.41) is 12.6. The van der Waals surface area contributed by atoms with Crippen molar-refractivity contribution < 1.29 is 14.3 Å². The highest BCUT2D eigenvalue weighted by molar-refractivity contribution is 7.99. The summed E-state index contributed by atoms with van der Waals surface area (Å²) in [4.78, 5) is 30.5. The zero-order chi connectivity index (χ0) is 22.5. The molecule has 0 saturated heterocycles. The van der Waals surface area contributed by atoms with Gasteiger partial charge in [-0.15, -0.1) is 28.1 Å². The molecule has 0 bridgehead atoms.